The van der Waals surface area contributed by atoms with E-state index in [2.05, 4.69) is 0 Å². The van der Waals surface area contributed by atoms with E-state index in [0.29, 0.717) is 19.1 Å². The second-order valence-electron chi connectivity index (χ2n) is 4.55. The number of hydrogen-bond donors (Lipinski definition) is 0. The molecule has 3 nitrogen and oxygen atoms in total. The van der Waals surface area contributed by atoms with Gasteiger partial charge >= 0.3 is 0 Å². The molecule has 0 aliphatic carbocycles. The second kappa shape index (κ2) is 6.83. The van der Waals surface area contributed by atoms with Crippen LogP contribution in [-0.2, 0) is 14.2 Å². The van der Waals surface area contributed by atoms with Gasteiger partial charge in [-0.3, -0.25) is 0 Å². The average molecular weight is 254 g/mol. The maximum absolute atomic E-state index is 12.8. The predicted octanol–water partition coefficient (Wildman–Crippen LogP) is 2.91. The van der Waals surface area contributed by atoms with Gasteiger partial charge in [-0.1, -0.05) is 12.1 Å². The molecular formula is C14H19FO3. The smallest absolute Gasteiger partial charge is 0.183 e. The van der Waals surface area contributed by atoms with Gasteiger partial charge in [-0.2, -0.15) is 0 Å². The normalized spacial score (nSPS) is 24.1. The lowest BCUT2D eigenvalue weighted by Crippen LogP contribution is -2.27. The summed E-state index contributed by atoms with van der Waals surface area (Å²) in [6.07, 6.45) is 1.71. The zero-order valence-corrected chi connectivity index (χ0v) is 10.6. The molecule has 0 saturated carbocycles. The van der Waals surface area contributed by atoms with Crippen LogP contribution in [0.3, 0.4) is 0 Å². The molecule has 0 amide bonds. The van der Waals surface area contributed by atoms with Crippen molar-refractivity contribution in [3.63, 3.8) is 0 Å². The third-order valence-electron chi connectivity index (χ3n) is 3.07. The molecule has 0 N–H and O–H groups in total. The molecule has 18 heavy (non-hydrogen) atoms. The van der Waals surface area contributed by atoms with E-state index >= 15 is 0 Å². The van der Waals surface area contributed by atoms with Crippen molar-refractivity contribution >= 4 is 0 Å². The fourth-order valence-electron chi connectivity index (χ4n) is 2.04. The van der Waals surface area contributed by atoms with Crippen molar-refractivity contribution in [3.05, 3.63) is 35.6 Å². The van der Waals surface area contributed by atoms with E-state index in [0.717, 1.165) is 25.0 Å². The molecule has 1 fully saturated rings. The van der Waals surface area contributed by atoms with Crippen LogP contribution in [-0.4, -0.2) is 26.9 Å². The quantitative estimate of drug-likeness (QED) is 0.756. The highest BCUT2D eigenvalue weighted by atomic mass is 19.1. The summed E-state index contributed by atoms with van der Waals surface area (Å²) < 4.78 is 29.1. The first-order valence-corrected chi connectivity index (χ1v) is 6.27. The number of benzene rings is 1. The minimum absolute atomic E-state index is 0.244. The Hall–Kier alpha value is -0.970. The number of rotatable bonds is 5. The summed E-state index contributed by atoms with van der Waals surface area (Å²) in [5.41, 5.74) is 0.867. The number of halogens is 1. The fraction of sp³-hybridized carbons (Fsp3) is 0.571. The van der Waals surface area contributed by atoms with Crippen LogP contribution < -0.4 is 0 Å². The second-order valence-corrected chi connectivity index (χ2v) is 4.55. The van der Waals surface area contributed by atoms with Crippen molar-refractivity contribution in [1.29, 1.82) is 0 Å². The summed E-state index contributed by atoms with van der Waals surface area (Å²) in [5, 5.41) is 0. The van der Waals surface area contributed by atoms with Gasteiger partial charge in [0.25, 0.3) is 0 Å². The lowest BCUT2D eigenvalue weighted by Gasteiger charge is -2.29. The predicted molar refractivity (Wildman–Crippen MR) is 65.6 cm³/mol. The van der Waals surface area contributed by atoms with Crippen LogP contribution in [0.1, 0.15) is 24.7 Å². The molecule has 0 atom stereocenters. The summed E-state index contributed by atoms with van der Waals surface area (Å²) in [5.74, 6) is 0.184. The van der Waals surface area contributed by atoms with E-state index < -0.39 is 0 Å². The van der Waals surface area contributed by atoms with Gasteiger partial charge in [0.05, 0.1) is 13.2 Å². The highest BCUT2D eigenvalue weighted by molar-refractivity contribution is 5.17. The Morgan fingerprint density at radius 3 is 2.50 bits per heavy atom. The van der Waals surface area contributed by atoms with Gasteiger partial charge in [0, 0.05) is 25.2 Å². The van der Waals surface area contributed by atoms with Crippen molar-refractivity contribution in [1.82, 2.24) is 0 Å². The molecule has 1 heterocycles. The Morgan fingerprint density at radius 2 is 1.89 bits per heavy atom. The van der Waals surface area contributed by atoms with E-state index in [4.69, 9.17) is 14.2 Å². The van der Waals surface area contributed by atoms with Gasteiger partial charge in [-0.05, 0) is 25.0 Å². The summed E-state index contributed by atoms with van der Waals surface area (Å²) in [6, 6.07) is 6.25. The van der Waals surface area contributed by atoms with E-state index in [1.807, 2.05) is 0 Å². The summed E-state index contributed by atoms with van der Waals surface area (Å²) in [4.78, 5) is 0. The molecule has 0 unspecified atom stereocenters. The Morgan fingerprint density at radius 1 is 1.22 bits per heavy atom. The molecule has 0 spiro atoms. The first kappa shape index (κ1) is 13.5. The monoisotopic (exact) mass is 254 g/mol. The van der Waals surface area contributed by atoms with Crippen LogP contribution in [0.15, 0.2) is 24.3 Å². The Kier molecular flexibility index (Phi) is 5.11. The Balaban J connectivity index is 1.77. The van der Waals surface area contributed by atoms with Crippen LogP contribution in [0.2, 0.25) is 0 Å². The van der Waals surface area contributed by atoms with E-state index in [9.17, 15) is 4.39 Å². The molecule has 0 bridgehead atoms. The maximum Gasteiger partial charge on any atom is 0.183 e. The number of hydrogen-bond acceptors (Lipinski definition) is 3. The first-order chi connectivity index (χ1) is 8.79. The average Bonchev–Trinajstić information content (AvgIpc) is 2.41. The maximum atomic E-state index is 12.8. The molecule has 2 rings (SSSR count). The zero-order valence-electron chi connectivity index (χ0n) is 10.6. The van der Waals surface area contributed by atoms with Gasteiger partial charge in [0.15, 0.2) is 6.29 Å². The molecule has 1 saturated heterocycles. The SMILES string of the molecule is COCCCC1COC(c2ccc(F)cc2)OC1. The van der Waals surface area contributed by atoms with Crippen LogP contribution in [0.5, 0.6) is 0 Å². The van der Waals surface area contributed by atoms with Gasteiger partial charge < -0.3 is 14.2 Å². The van der Waals surface area contributed by atoms with E-state index in [-0.39, 0.29) is 12.1 Å². The summed E-state index contributed by atoms with van der Waals surface area (Å²) >= 11 is 0. The molecule has 4 heteroatoms. The first-order valence-electron chi connectivity index (χ1n) is 6.27. The number of methoxy groups -OCH3 is 1. The lowest BCUT2D eigenvalue weighted by molar-refractivity contribution is -0.206. The molecule has 1 aliphatic rings. The van der Waals surface area contributed by atoms with Crippen molar-refractivity contribution < 1.29 is 18.6 Å². The molecule has 1 aromatic carbocycles. The van der Waals surface area contributed by atoms with E-state index in [1.165, 1.54) is 12.1 Å². The third kappa shape index (κ3) is 3.77. The van der Waals surface area contributed by atoms with Crippen LogP contribution in [0.25, 0.3) is 0 Å². The molecule has 0 aromatic heterocycles. The largest absolute Gasteiger partial charge is 0.385 e. The van der Waals surface area contributed by atoms with Gasteiger partial charge in [-0.25, -0.2) is 4.39 Å². The summed E-state index contributed by atoms with van der Waals surface area (Å²) in [6.45, 7) is 2.15. The van der Waals surface area contributed by atoms with Crippen LogP contribution >= 0.6 is 0 Å². The minimum atomic E-state index is -0.357. The fourth-order valence-corrected chi connectivity index (χ4v) is 2.04. The molecular weight excluding hydrogens is 235 g/mol. The molecule has 1 aromatic rings. The minimum Gasteiger partial charge on any atom is -0.385 e. The van der Waals surface area contributed by atoms with E-state index in [1.54, 1.807) is 19.2 Å². The Bertz CT molecular complexity index is 345. The highest BCUT2D eigenvalue weighted by Gasteiger charge is 2.23. The number of ether oxygens (including phenoxy) is 3. The summed E-state index contributed by atoms with van der Waals surface area (Å²) in [7, 11) is 1.71. The third-order valence-corrected chi connectivity index (χ3v) is 3.07. The van der Waals surface area contributed by atoms with Crippen molar-refractivity contribution in [2.45, 2.75) is 19.1 Å². The molecule has 0 radical (unpaired) electrons. The van der Waals surface area contributed by atoms with Crippen molar-refractivity contribution in [3.8, 4) is 0 Å². The zero-order chi connectivity index (χ0) is 12.8. The topological polar surface area (TPSA) is 27.7 Å². The lowest BCUT2D eigenvalue weighted by atomic mass is 10.0. The van der Waals surface area contributed by atoms with Crippen molar-refractivity contribution in [2.75, 3.05) is 26.9 Å². The molecule has 100 valence electrons. The standard InChI is InChI=1S/C14H19FO3/c1-16-8-2-3-11-9-17-14(18-10-11)12-4-6-13(15)7-5-12/h4-7,11,14H,2-3,8-10H2,1H3. The van der Waals surface area contributed by atoms with Crippen LogP contribution in [0, 0.1) is 11.7 Å². The highest BCUT2D eigenvalue weighted by Crippen LogP contribution is 2.26. The Labute approximate surface area is 107 Å². The van der Waals surface area contributed by atoms with Crippen LogP contribution in [0.4, 0.5) is 4.39 Å². The van der Waals surface area contributed by atoms with Gasteiger partial charge in [0.1, 0.15) is 5.82 Å². The van der Waals surface area contributed by atoms with Crippen molar-refractivity contribution in [2.24, 2.45) is 5.92 Å². The van der Waals surface area contributed by atoms with Gasteiger partial charge in [-0.15, -0.1) is 0 Å². The van der Waals surface area contributed by atoms with Gasteiger partial charge in [0.2, 0.25) is 0 Å². The molecule has 1 aliphatic heterocycles.